The van der Waals surface area contributed by atoms with Crippen molar-refractivity contribution in [3.8, 4) is 0 Å². The first-order chi connectivity index (χ1) is 13.2. The lowest BCUT2D eigenvalue weighted by Gasteiger charge is -2.19. The van der Waals surface area contributed by atoms with Gasteiger partial charge in [-0.3, -0.25) is 14.4 Å². The van der Waals surface area contributed by atoms with Crippen molar-refractivity contribution in [3.05, 3.63) is 35.4 Å². The Labute approximate surface area is 173 Å². The fourth-order valence-electron chi connectivity index (χ4n) is 2.10. The van der Waals surface area contributed by atoms with E-state index in [4.69, 9.17) is 15.3 Å². The van der Waals surface area contributed by atoms with Gasteiger partial charge in [0.2, 0.25) is 0 Å². The second kappa shape index (κ2) is 11.8. The van der Waals surface area contributed by atoms with Gasteiger partial charge < -0.3 is 15.8 Å². The van der Waals surface area contributed by atoms with Crippen molar-refractivity contribution in [2.45, 2.75) is 39.2 Å². The summed E-state index contributed by atoms with van der Waals surface area (Å²) in [6.45, 7) is 6.91. The molecule has 0 aliphatic carbocycles. The third-order valence-electron chi connectivity index (χ3n) is 3.30. The van der Waals surface area contributed by atoms with E-state index in [1.165, 1.54) is 0 Å². The Hall–Kier alpha value is -1.97. The standard InChI is InChI=1S/C11H12N2O3.C8H16BrNO2/c12-6-3-7-16-13-10(14)8-4-1-2-5-9(8)11(13)15;1-8(2,3)12-7(11)10-6-4-5-9/h1-2,4-5H,3,6-7,12H2;4-6H2,1-3H3,(H,10,11). The van der Waals surface area contributed by atoms with E-state index in [2.05, 4.69) is 21.2 Å². The molecule has 3 amide bonds. The molecule has 8 nitrogen and oxygen atoms in total. The van der Waals surface area contributed by atoms with Crippen LogP contribution in [0.2, 0.25) is 0 Å². The largest absolute Gasteiger partial charge is 0.444 e. The fraction of sp³-hybridized carbons (Fsp3) is 0.526. The van der Waals surface area contributed by atoms with E-state index < -0.39 is 17.4 Å². The number of benzene rings is 1. The number of imide groups is 1. The van der Waals surface area contributed by atoms with E-state index in [-0.39, 0.29) is 12.7 Å². The van der Waals surface area contributed by atoms with Crippen molar-refractivity contribution in [1.29, 1.82) is 0 Å². The normalized spacial score (nSPS) is 13.0. The van der Waals surface area contributed by atoms with Crippen molar-refractivity contribution < 1.29 is 24.0 Å². The van der Waals surface area contributed by atoms with Gasteiger partial charge in [-0.1, -0.05) is 28.1 Å². The highest BCUT2D eigenvalue weighted by Gasteiger charge is 2.36. The summed E-state index contributed by atoms with van der Waals surface area (Å²) in [5.41, 5.74) is 5.67. The molecule has 28 heavy (non-hydrogen) atoms. The zero-order valence-corrected chi connectivity index (χ0v) is 18.1. The van der Waals surface area contributed by atoms with E-state index >= 15 is 0 Å². The van der Waals surface area contributed by atoms with Crippen molar-refractivity contribution in [2.24, 2.45) is 5.73 Å². The van der Waals surface area contributed by atoms with Crippen LogP contribution in [0.15, 0.2) is 24.3 Å². The maximum atomic E-state index is 11.8. The van der Waals surface area contributed by atoms with Crippen LogP contribution in [-0.2, 0) is 9.57 Å². The Morgan fingerprint density at radius 1 is 1.14 bits per heavy atom. The van der Waals surface area contributed by atoms with E-state index in [0.717, 1.165) is 16.8 Å². The van der Waals surface area contributed by atoms with Gasteiger partial charge in [0.05, 0.1) is 17.7 Å². The Bertz CT molecular complexity index is 641. The lowest BCUT2D eigenvalue weighted by atomic mass is 10.1. The maximum Gasteiger partial charge on any atom is 0.407 e. The number of nitrogens with zero attached hydrogens (tertiary/aromatic N) is 1. The molecule has 0 fully saturated rings. The zero-order valence-electron chi connectivity index (χ0n) is 16.5. The fourth-order valence-corrected chi connectivity index (χ4v) is 2.38. The van der Waals surface area contributed by atoms with E-state index in [9.17, 15) is 14.4 Å². The van der Waals surface area contributed by atoms with Crippen LogP contribution in [0.5, 0.6) is 0 Å². The Morgan fingerprint density at radius 2 is 1.71 bits per heavy atom. The van der Waals surface area contributed by atoms with Crippen LogP contribution < -0.4 is 11.1 Å². The molecule has 0 spiro atoms. The van der Waals surface area contributed by atoms with Gasteiger partial charge >= 0.3 is 6.09 Å². The molecular weight excluding hydrogens is 430 g/mol. The summed E-state index contributed by atoms with van der Waals surface area (Å²) < 4.78 is 5.02. The summed E-state index contributed by atoms with van der Waals surface area (Å²) in [7, 11) is 0. The van der Waals surface area contributed by atoms with E-state index in [0.29, 0.717) is 30.6 Å². The Balaban J connectivity index is 0.000000295. The summed E-state index contributed by atoms with van der Waals surface area (Å²) in [4.78, 5) is 39.6. The van der Waals surface area contributed by atoms with Crippen LogP contribution in [0.1, 0.15) is 54.3 Å². The van der Waals surface area contributed by atoms with Gasteiger partial charge in [-0.05, 0) is 52.3 Å². The molecule has 9 heteroatoms. The number of carbonyl (C=O) groups is 3. The molecule has 1 aromatic rings. The van der Waals surface area contributed by atoms with Gasteiger partial charge in [0, 0.05) is 11.9 Å². The number of hydrogen-bond donors (Lipinski definition) is 2. The Kier molecular flexibility index (Phi) is 10.1. The van der Waals surface area contributed by atoms with Crippen molar-refractivity contribution in [2.75, 3.05) is 25.0 Å². The van der Waals surface area contributed by atoms with Crippen LogP contribution in [0.4, 0.5) is 4.79 Å². The minimum Gasteiger partial charge on any atom is -0.444 e. The van der Waals surface area contributed by atoms with Gasteiger partial charge in [-0.2, -0.15) is 0 Å². The number of ether oxygens (including phenoxy) is 1. The number of halogens is 1. The first kappa shape index (κ1) is 24.1. The zero-order chi connectivity index (χ0) is 21.2. The predicted octanol–water partition coefficient (Wildman–Crippen LogP) is 2.86. The first-order valence-corrected chi connectivity index (χ1v) is 10.2. The summed E-state index contributed by atoms with van der Waals surface area (Å²) in [5, 5.41) is 4.35. The molecule has 0 radical (unpaired) electrons. The molecule has 1 aliphatic heterocycles. The average molecular weight is 458 g/mol. The number of carbonyl (C=O) groups excluding carboxylic acids is 3. The van der Waals surface area contributed by atoms with Gasteiger partial charge in [0.25, 0.3) is 11.8 Å². The van der Waals surface area contributed by atoms with Crippen LogP contribution in [0, 0.1) is 0 Å². The number of fused-ring (bicyclic) bond motifs is 1. The number of rotatable bonds is 7. The summed E-state index contributed by atoms with van der Waals surface area (Å²) in [5.74, 6) is -0.810. The molecule has 3 N–H and O–H groups in total. The summed E-state index contributed by atoms with van der Waals surface area (Å²) >= 11 is 3.27. The number of nitrogens with one attached hydrogen (secondary N) is 1. The molecule has 0 saturated carbocycles. The molecule has 2 rings (SSSR count). The number of hydrogen-bond acceptors (Lipinski definition) is 6. The lowest BCUT2D eigenvalue weighted by Crippen LogP contribution is -2.33. The predicted molar refractivity (Wildman–Crippen MR) is 109 cm³/mol. The van der Waals surface area contributed by atoms with Gasteiger partial charge in [0.15, 0.2) is 0 Å². The topological polar surface area (TPSA) is 111 Å². The molecule has 0 unspecified atom stereocenters. The highest BCUT2D eigenvalue weighted by molar-refractivity contribution is 9.09. The SMILES string of the molecule is CC(C)(C)OC(=O)NCCCBr.NCCCON1C(=O)c2ccccc2C1=O. The number of amides is 3. The quantitative estimate of drug-likeness (QED) is 0.369. The van der Waals surface area contributed by atoms with Crippen LogP contribution >= 0.6 is 15.9 Å². The molecule has 0 atom stereocenters. The second-order valence-electron chi connectivity index (χ2n) is 6.90. The highest BCUT2D eigenvalue weighted by Crippen LogP contribution is 2.22. The van der Waals surface area contributed by atoms with Crippen LogP contribution in [0.3, 0.4) is 0 Å². The highest BCUT2D eigenvalue weighted by atomic mass is 79.9. The molecule has 156 valence electrons. The molecule has 0 aromatic heterocycles. The summed E-state index contributed by atoms with van der Waals surface area (Å²) in [6.07, 6.45) is 1.18. The smallest absolute Gasteiger partial charge is 0.407 e. The van der Waals surface area contributed by atoms with Crippen LogP contribution in [-0.4, -0.2) is 53.6 Å². The number of nitrogens with two attached hydrogens (primary N) is 1. The molecular formula is C19H28BrN3O5. The van der Waals surface area contributed by atoms with Crippen molar-refractivity contribution in [1.82, 2.24) is 10.4 Å². The third kappa shape index (κ3) is 7.95. The molecule has 0 bridgehead atoms. The van der Waals surface area contributed by atoms with Gasteiger partial charge in [0.1, 0.15) is 5.60 Å². The first-order valence-electron chi connectivity index (χ1n) is 9.05. The van der Waals surface area contributed by atoms with Gasteiger partial charge in [-0.15, -0.1) is 5.06 Å². The minimum absolute atomic E-state index is 0.266. The molecule has 1 aromatic carbocycles. The third-order valence-corrected chi connectivity index (χ3v) is 3.87. The van der Waals surface area contributed by atoms with E-state index in [1.54, 1.807) is 24.3 Å². The van der Waals surface area contributed by atoms with Crippen molar-refractivity contribution in [3.63, 3.8) is 0 Å². The number of alkyl carbamates (subject to hydrolysis) is 1. The van der Waals surface area contributed by atoms with Crippen molar-refractivity contribution >= 4 is 33.8 Å². The Morgan fingerprint density at radius 3 is 2.18 bits per heavy atom. The number of hydroxylamine groups is 2. The maximum absolute atomic E-state index is 11.8. The van der Waals surface area contributed by atoms with Crippen LogP contribution in [0.25, 0.3) is 0 Å². The number of alkyl halides is 1. The van der Waals surface area contributed by atoms with Gasteiger partial charge in [-0.25, -0.2) is 4.79 Å². The lowest BCUT2D eigenvalue weighted by molar-refractivity contribution is -0.0914. The second-order valence-corrected chi connectivity index (χ2v) is 7.69. The summed E-state index contributed by atoms with van der Waals surface area (Å²) in [6, 6.07) is 6.66. The van der Waals surface area contributed by atoms with E-state index in [1.807, 2.05) is 20.8 Å². The molecule has 0 saturated heterocycles. The minimum atomic E-state index is -0.405. The molecule has 1 aliphatic rings. The monoisotopic (exact) mass is 457 g/mol. The molecule has 1 heterocycles. The average Bonchev–Trinajstić information content (AvgIpc) is 2.86.